The van der Waals surface area contributed by atoms with Gasteiger partial charge in [-0.1, -0.05) is 0 Å². The number of aromatic nitrogens is 2. The molecule has 0 aliphatic heterocycles. The molecule has 1 amide bonds. The molecule has 0 aliphatic carbocycles. The van der Waals surface area contributed by atoms with Crippen molar-refractivity contribution in [1.82, 2.24) is 15.3 Å². The van der Waals surface area contributed by atoms with E-state index in [-0.39, 0.29) is 11.9 Å². The fourth-order valence-corrected chi connectivity index (χ4v) is 2.60. The molecule has 0 unspecified atom stereocenters. The third-order valence-electron chi connectivity index (χ3n) is 3.92. The Hall–Kier alpha value is -3.02. The van der Waals surface area contributed by atoms with Crippen molar-refractivity contribution in [2.45, 2.75) is 13.0 Å². The number of hydrogen-bond donors (Lipinski definition) is 2. The molecule has 3 aromatic rings. The number of fused-ring (bicyclic) bond motifs is 1. The molecule has 0 fully saturated rings. The molecule has 1 aromatic carbocycles. The van der Waals surface area contributed by atoms with Gasteiger partial charge in [-0.3, -0.25) is 9.78 Å². The summed E-state index contributed by atoms with van der Waals surface area (Å²) in [5.41, 5.74) is 2.23. The first kappa shape index (κ1) is 15.9. The average molecular weight is 325 g/mol. The predicted octanol–water partition coefficient (Wildman–Crippen LogP) is 3.07. The van der Waals surface area contributed by atoms with Crippen molar-refractivity contribution in [1.29, 1.82) is 0 Å². The quantitative estimate of drug-likeness (QED) is 0.756. The van der Waals surface area contributed by atoms with Gasteiger partial charge in [0.2, 0.25) is 0 Å². The first-order chi connectivity index (χ1) is 11.6. The van der Waals surface area contributed by atoms with Crippen LogP contribution in [0.5, 0.6) is 11.5 Å². The van der Waals surface area contributed by atoms with Crippen LogP contribution in [-0.2, 0) is 0 Å². The molecular weight excluding hydrogens is 306 g/mol. The molecule has 0 saturated carbocycles. The maximum atomic E-state index is 12.5. The predicted molar refractivity (Wildman–Crippen MR) is 91.5 cm³/mol. The monoisotopic (exact) mass is 325 g/mol. The number of nitrogens with one attached hydrogen (secondary N) is 2. The van der Waals surface area contributed by atoms with E-state index in [0.717, 1.165) is 16.5 Å². The zero-order valence-corrected chi connectivity index (χ0v) is 13.8. The van der Waals surface area contributed by atoms with Gasteiger partial charge < -0.3 is 19.8 Å². The summed E-state index contributed by atoms with van der Waals surface area (Å²) in [5.74, 6) is 1.12. The molecule has 6 nitrogen and oxygen atoms in total. The molecule has 2 N–H and O–H groups in total. The van der Waals surface area contributed by atoms with Crippen molar-refractivity contribution in [2.75, 3.05) is 14.2 Å². The van der Waals surface area contributed by atoms with Crippen LogP contribution in [-0.4, -0.2) is 30.1 Å². The van der Waals surface area contributed by atoms with Crippen LogP contribution in [0.2, 0.25) is 0 Å². The highest BCUT2D eigenvalue weighted by Crippen LogP contribution is 2.31. The van der Waals surface area contributed by atoms with Crippen molar-refractivity contribution < 1.29 is 14.3 Å². The van der Waals surface area contributed by atoms with E-state index in [0.29, 0.717) is 17.2 Å². The van der Waals surface area contributed by atoms with E-state index in [2.05, 4.69) is 15.3 Å². The van der Waals surface area contributed by atoms with Crippen molar-refractivity contribution in [3.63, 3.8) is 0 Å². The Morgan fingerprint density at radius 3 is 2.58 bits per heavy atom. The zero-order valence-electron chi connectivity index (χ0n) is 13.8. The molecule has 0 bridgehead atoms. The molecule has 6 heteroatoms. The number of methoxy groups -OCH3 is 2. The van der Waals surface area contributed by atoms with E-state index >= 15 is 0 Å². The highest BCUT2D eigenvalue weighted by molar-refractivity contribution is 6.00. The number of H-pyrrole nitrogens is 1. The molecule has 2 heterocycles. The van der Waals surface area contributed by atoms with E-state index in [9.17, 15) is 4.79 Å². The second-order valence-electron chi connectivity index (χ2n) is 5.45. The van der Waals surface area contributed by atoms with Crippen LogP contribution in [0.15, 0.2) is 42.7 Å². The van der Waals surface area contributed by atoms with Gasteiger partial charge in [0.15, 0.2) is 0 Å². The standard InChI is InChI=1S/C18H19N3O3/c1-11(12-4-6-19-7-5-12)20-18(22)15-9-13-8-14(23-2)10-16(24-3)17(13)21-15/h4-11,21H,1-3H3,(H,20,22)/t11-/m1/s1. The third-order valence-corrected chi connectivity index (χ3v) is 3.92. The fraction of sp³-hybridized carbons (Fsp3) is 0.222. The summed E-state index contributed by atoms with van der Waals surface area (Å²) in [6.07, 6.45) is 3.41. The zero-order chi connectivity index (χ0) is 17.1. The number of benzene rings is 1. The molecule has 0 radical (unpaired) electrons. The maximum absolute atomic E-state index is 12.5. The van der Waals surface area contributed by atoms with Gasteiger partial charge in [0.05, 0.1) is 25.8 Å². The average Bonchev–Trinajstić information content (AvgIpc) is 3.05. The molecular formula is C18H19N3O3. The van der Waals surface area contributed by atoms with Crippen LogP contribution in [0.25, 0.3) is 10.9 Å². The van der Waals surface area contributed by atoms with Gasteiger partial charge in [-0.2, -0.15) is 0 Å². The fourth-order valence-electron chi connectivity index (χ4n) is 2.60. The van der Waals surface area contributed by atoms with E-state index in [1.807, 2.05) is 25.1 Å². The SMILES string of the molecule is COc1cc(OC)c2[nH]c(C(=O)N[C@H](C)c3ccncc3)cc2c1. The summed E-state index contributed by atoms with van der Waals surface area (Å²) >= 11 is 0. The molecule has 0 spiro atoms. The van der Waals surface area contributed by atoms with Gasteiger partial charge in [0, 0.05) is 23.8 Å². The van der Waals surface area contributed by atoms with Crippen molar-refractivity contribution in [3.8, 4) is 11.5 Å². The Morgan fingerprint density at radius 1 is 1.17 bits per heavy atom. The minimum atomic E-state index is -0.184. The Kier molecular flexibility index (Phi) is 4.37. The van der Waals surface area contributed by atoms with E-state index in [1.54, 1.807) is 38.7 Å². The number of nitrogens with zero attached hydrogens (tertiary/aromatic N) is 1. The Morgan fingerprint density at radius 2 is 1.92 bits per heavy atom. The highest BCUT2D eigenvalue weighted by Gasteiger charge is 2.16. The molecule has 1 atom stereocenters. The number of carbonyl (C=O) groups excluding carboxylic acids is 1. The van der Waals surface area contributed by atoms with Crippen molar-refractivity contribution in [3.05, 3.63) is 54.0 Å². The van der Waals surface area contributed by atoms with Gasteiger partial charge in [-0.05, 0) is 36.8 Å². The summed E-state index contributed by atoms with van der Waals surface area (Å²) in [7, 11) is 3.18. The van der Waals surface area contributed by atoms with E-state index in [1.165, 1.54) is 0 Å². The van der Waals surface area contributed by atoms with Crippen LogP contribution in [0.3, 0.4) is 0 Å². The minimum Gasteiger partial charge on any atom is -0.497 e. The smallest absolute Gasteiger partial charge is 0.268 e. The lowest BCUT2D eigenvalue weighted by molar-refractivity contribution is 0.0935. The second kappa shape index (κ2) is 6.62. The van der Waals surface area contributed by atoms with Crippen molar-refractivity contribution in [2.24, 2.45) is 0 Å². The minimum absolute atomic E-state index is 0.122. The second-order valence-corrected chi connectivity index (χ2v) is 5.45. The summed E-state index contributed by atoms with van der Waals surface area (Å²) < 4.78 is 10.6. The van der Waals surface area contributed by atoms with Gasteiger partial charge in [-0.15, -0.1) is 0 Å². The molecule has 2 aromatic heterocycles. The number of amides is 1. The molecule has 124 valence electrons. The number of carbonyl (C=O) groups is 1. The normalized spacial score (nSPS) is 12.0. The van der Waals surface area contributed by atoms with Gasteiger partial charge in [-0.25, -0.2) is 0 Å². The Labute approximate surface area is 139 Å². The lowest BCUT2D eigenvalue weighted by Crippen LogP contribution is -2.26. The molecule has 0 saturated heterocycles. The third kappa shape index (κ3) is 3.03. The van der Waals surface area contributed by atoms with Crippen LogP contribution in [0.1, 0.15) is 29.0 Å². The van der Waals surface area contributed by atoms with Crippen LogP contribution in [0.4, 0.5) is 0 Å². The number of rotatable bonds is 5. The van der Waals surface area contributed by atoms with E-state index in [4.69, 9.17) is 9.47 Å². The summed E-state index contributed by atoms with van der Waals surface area (Å²) in [6.45, 7) is 1.93. The number of aromatic amines is 1. The summed E-state index contributed by atoms with van der Waals surface area (Å²) in [5, 5.41) is 3.82. The lowest BCUT2D eigenvalue weighted by atomic mass is 10.1. The molecule has 0 aliphatic rings. The Balaban J connectivity index is 1.87. The number of ether oxygens (including phenoxy) is 2. The van der Waals surface area contributed by atoms with Gasteiger partial charge in [0.25, 0.3) is 5.91 Å². The molecule has 24 heavy (non-hydrogen) atoms. The summed E-state index contributed by atoms with van der Waals surface area (Å²) in [4.78, 5) is 19.6. The summed E-state index contributed by atoms with van der Waals surface area (Å²) in [6, 6.07) is 9.06. The van der Waals surface area contributed by atoms with Crippen LogP contribution >= 0.6 is 0 Å². The largest absolute Gasteiger partial charge is 0.497 e. The first-order valence-corrected chi connectivity index (χ1v) is 7.58. The van der Waals surface area contributed by atoms with E-state index < -0.39 is 0 Å². The number of hydrogen-bond acceptors (Lipinski definition) is 4. The van der Waals surface area contributed by atoms with Crippen LogP contribution in [0, 0.1) is 0 Å². The topological polar surface area (TPSA) is 76.2 Å². The molecule has 3 rings (SSSR count). The number of pyridine rings is 1. The van der Waals surface area contributed by atoms with Crippen LogP contribution < -0.4 is 14.8 Å². The van der Waals surface area contributed by atoms with Gasteiger partial charge >= 0.3 is 0 Å². The maximum Gasteiger partial charge on any atom is 0.268 e. The van der Waals surface area contributed by atoms with Crippen molar-refractivity contribution >= 4 is 16.8 Å². The lowest BCUT2D eigenvalue weighted by Gasteiger charge is -2.13. The highest BCUT2D eigenvalue weighted by atomic mass is 16.5. The van der Waals surface area contributed by atoms with Gasteiger partial charge in [0.1, 0.15) is 17.2 Å². The first-order valence-electron chi connectivity index (χ1n) is 7.58. The Bertz CT molecular complexity index is 859.